The quantitative estimate of drug-likeness (QED) is 0.761. The van der Waals surface area contributed by atoms with E-state index in [-0.39, 0.29) is 0 Å². The van der Waals surface area contributed by atoms with Crippen molar-refractivity contribution in [2.24, 2.45) is 0 Å². The summed E-state index contributed by atoms with van der Waals surface area (Å²) in [6, 6.07) is 1.97. The lowest BCUT2D eigenvalue weighted by Crippen LogP contribution is -2.05. The van der Waals surface area contributed by atoms with Gasteiger partial charge in [0, 0.05) is 31.4 Å². The summed E-state index contributed by atoms with van der Waals surface area (Å²) >= 11 is 1.52. The van der Waals surface area contributed by atoms with Gasteiger partial charge in [-0.2, -0.15) is 0 Å². The summed E-state index contributed by atoms with van der Waals surface area (Å²) in [5.74, 6) is 1.78. The monoisotopic (exact) mass is 277 g/mol. The van der Waals surface area contributed by atoms with Crippen LogP contribution in [-0.2, 0) is 6.42 Å². The Bertz CT molecular complexity index is 498. The molecule has 0 radical (unpaired) electrons. The van der Waals surface area contributed by atoms with Crippen molar-refractivity contribution in [3.05, 3.63) is 24.3 Å². The molecule has 2 aromatic heterocycles. The van der Waals surface area contributed by atoms with Gasteiger partial charge in [0.2, 0.25) is 0 Å². The van der Waals surface area contributed by atoms with E-state index in [0.717, 1.165) is 47.6 Å². The Morgan fingerprint density at radius 2 is 2.16 bits per heavy atom. The fourth-order valence-electron chi connectivity index (χ4n) is 1.61. The number of aromatic nitrogens is 4. The molecule has 0 aliphatic heterocycles. The van der Waals surface area contributed by atoms with Crippen LogP contribution in [0.15, 0.2) is 28.6 Å². The van der Waals surface area contributed by atoms with Gasteiger partial charge in [0.25, 0.3) is 0 Å². The lowest BCUT2D eigenvalue weighted by molar-refractivity contribution is 0.807. The molecule has 0 amide bonds. The van der Waals surface area contributed by atoms with Crippen LogP contribution in [0.5, 0.6) is 0 Å². The number of imidazole rings is 1. The van der Waals surface area contributed by atoms with E-state index in [1.807, 2.05) is 12.3 Å². The van der Waals surface area contributed by atoms with Gasteiger partial charge < -0.3 is 10.3 Å². The summed E-state index contributed by atoms with van der Waals surface area (Å²) in [6.07, 6.45) is 6.57. The molecule has 0 saturated heterocycles. The van der Waals surface area contributed by atoms with Gasteiger partial charge in [0.05, 0.1) is 0 Å². The maximum absolute atomic E-state index is 4.56. The topological polar surface area (TPSA) is 66.5 Å². The Morgan fingerprint density at radius 1 is 1.26 bits per heavy atom. The molecule has 2 aromatic rings. The van der Waals surface area contributed by atoms with Gasteiger partial charge in [-0.05, 0) is 24.6 Å². The Balaban J connectivity index is 2.17. The molecule has 0 atom stereocenters. The van der Waals surface area contributed by atoms with E-state index in [4.69, 9.17) is 0 Å². The second-order valence-corrected chi connectivity index (χ2v) is 5.19. The molecule has 0 bridgehead atoms. The van der Waals surface area contributed by atoms with Crippen LogP contribution >= 0.6 is 11.8 Å². The van der Waals surface area contributed by atoms with Crippen LogP contribution in [0, 0.1) is 0 Å². The highest BCUT2D eigenvalue weighted by Crippen LogP contribution is 2.24. The summed E-state index contributed by atoms with van der Waals surface area (Å²) < 4.78 is 0. The van der Waals surface area contributed by atoms with E-state index in [9.17, 15) is 0 Å². The number of nitrogens with one attached hydrogen (secondary N) is 2. The van der Waals surface area contributed by atoms with Crippen molar-refractivity contribution >= 4 is 17.6 Å². The van der Waals surface area contributed by atoms with Crippen LogP contribution in [0.3, 0.4) is 0 Å². The first kappa shape index (κ1) is 13.9. The Labute approximate surface area is 117 Å². The smallest absolute Gasteiger partial charge is 0.171 e. The average molecular weight is 277 g/mol. The highest BCUT2D eigenvalue weighted by molar-refractivity contribution is 7.99. The molecular weight excluding hydrogens is 258 g/mol. The first-order valence-electron chi connectivity index (χ1n) is 6.61. The predicted molar refractivity (Wildman–Crippen MR) is 77.5 cm³/mol. The molecule has 0 aliphatic rings. The average Bonchev–Trinajstić information content (AvgIpc) is 2.89. The molecule has 2 heterocycles. The van der Waals surface area contributed by atoms with E-state index in [2.05, 4.69) is 39.1 Å². The molecule has 2 N–H and O–H groups in total. The van der Waals surface area contributed by atoms with Crippen molar-refractivity contribution in [1.29, 1.82) is 0 Å². The molecule has 102 valence electrons. The van der Waals surface area contributed by atoms with Crippen molar-refractivity contribution in [2.45, 2.75) is 43.3 Å². The van der Waals surface area contributed by atoms with Gasteiger partial charge >= 0.3 is 0 Å². The number of H-pyrrole nitrogens is 1. The lowest BCUT2D eigenvalue weighted by Gasteiger charge is -2.08. The van der Waals surface area contributed by atoms with Crippen LogP contribution in [0.25, 0.3) is 0 Å². The van der Waals surface area contributed by atoms with E-state index >= 15 is 0 Å². The van der Waals surface area contributed by atoms with Gasteiger partial charge in [0.15, 0.2) is 5.16 Å². The second-order valence-electron chi connectivity index (χ2n) is 4.18. The van der Waals surface area contributed by atoms with Gasteiger partial charge in [-0.1, -0.05) is 13.8 Å². The highest BCUT2D eigenvalue weighted by atomic mass is 32.2. The van der Waals surface area contributed by atoms with Crippen molar-refractivity contribution in [3.8, 4) is 0 Å². The van der Waals surface area contributed by atoms with Crippen molar-refractivity contribution in [2.75, 3.05) is 11.9 Å². The third kappa shape index (κ3) is 4.24. The van der Waals surface area contributed by atoms with Crippen molar-refractivity contribution < 1.29 is 0 Å². The SMILES string of the molecule is CCCNc1cc(Sc2ncc[nH]2)nc(CCC)n1. The molecule has 0 saturated carbocycles. The summed E-state index contributed by atoms with van der Waals surface area (Å²) in [5.41, 5.74) is 0. The summed E-state index contributed by atoms with van der Waals surface area (Å²) in [4.78, 5) is 16.4. The highest BCUT2D eigenvalue weighted by Gasteiger charge is 2.07. The molecule has 0 aliphatic carbocycles. The maximum atomic E-state index is 4.56. The van der Waals surface area contributed by atoms with E-state index in [1.165, 1.54) is 11.8 Å². The standard InChI is InChI=1S/C13H19N5S/c1-3-5-10-17-11(14-6-4-2)9-12(18-10)19-13-15-7-8-16-13/h7-9H,3-6H2,1-2H3,(H,15,16)(H,14,17,18). The number of nitrogens with zero attached hydrogens (tertiary/aromatic N) is 3. The van der Waals surface area contributed by atoms with Gasteiger partial charge in [-0.3, -0.25) is 0 Å². The number of rotatable bonds is 7. The minimum atomic E-state index is 0.850. The normalized spacial score (nSPS) is 10.6. The zero-order chi connectivity index (χ0) is 13.5. The van der Waals surface area contributed by atoms with Crippen LogP contribution in [0.2, 0.25) is 0 Å². The third-order valence-corrected chi connectivity index (χ3v) is 3.29. The van der Waals surface area contributed by atoms with Crippen molar-refractivity contribution in [1.82, 2.24) is 19.9 Å². The number of hydrogen-bond donors (Lipinski definition) is 2. The Kier molecular flexibility index (Phi) is 5.20. The summed E-state index contributed by atoms with van der Waals surface area (Å²) in [5, 5.41) is 5.09. The van der Waals surface area contributed by atoms with E-state index in [1.54, 1.807) is 6.20 Å². The lowest BCUT2D eigenvalue weighted by atomic mass is 10.3. The zero-order valence-corrected chi connectivity index (χ0v) is 12.1. The van der Waals surface area contributed by atoms with Crippen LogP contribution < -0.4 is 5.32 Å². The molecule has 19 heavy (non-hydrogen) atoms. The third-order valence-electron chi connectivity index (χ3n) is 2.45. The van der Waals surface area contributed by atoms with E-state index in [0.29, 0.717) is 0 Å². The molecule has 0 fully saturated rings. The molecular formula is C13H19N5S. The van der Waals surface area contributed by atoms with Crippen LogP contribution in [0.1, 0.15) is 32.5 Å². The second kappa shape index (κ2) is 7.13. The number of aromatic amines is 1. The number of hydrogen-bond acceptors (Lipinski definition) is 5. The van der Waals surface area contributed by atoms with Crippen LogP contribution in [0.4, 0.5) is 5.82 Å². The first-order valence-corrected chi connectivity index (χ1v) is 7.42. The minimum Gasteiger partial charge on any atom is -0.370 e. The Morgan fingerprint density at radius 3 is 2.84 bits per heavy atom. The van der Waals surface area contributed by atoms with Gasteiger partial charge in [0.1, 0.15) is 16.7 Å². The fraction of sp³-hybridized carbons (Fsp3) is 0.462. The Hall–Kier alpha value is -1.56. The van der Waals surface area contributed by atoms with Crippen molar-refractivity contribution in [3.63, 3.8) is 0 Å². The van der Waals surface area contributed by atoms with Gasteiger partial charge in [-0.15, -0.1) is 0 Å². The molecule has 2 rings (SSSR count). The number of anilines is 1. The first-order chi connectivity index (χ1) is 9.31. The molecule has 6 heteroatoms. The number of aryl methyl sites for hydroxylation is 1. The summed E-state index contributed by atoms with van der Waals surface area (Å²) in [6.45, 7) is 5.20. The van der Waals surface area contributed by atoms with E-state index < -0.39 is 0 Å². The zero-order valence-electron chi connectivity index (χ0n) is 11.3. The predicted octanol–water partition coefficient (Wildman–Crippen LogP) is 3.13. The summed E-state index contributed by atoms with van der Waals surface area (Å²) in [7, 11) is 0. The van der Waals surface area contributed by atoms with Gasteiger partial charge in [-0.25, -0.2) is 15.0 Å². The molecule has 0 spiro atoms. The van der Waals surface area contributed by atoms with Crippen LogP contribution in [-0.4, -0.2) is 26.5 Å². The molecule has 0 unspecified atom stereocenters. The fourth-order valence-corrected chi connectivity index (χ4v) is 2.37. The maximum Gasteiger partial charge on any atom is 0.171 e. The minimum absolute atomic E-state index is 0.850. The largest absolute Gasteiger partial charge is 0.370 e. The molecule has 0 aromatic carbocycles. The molecule has 5 nitrogen and oxygen atoms in total.